The maximum atomic E-state index is 5.59. The molecule has 13 heavy (non-hydrogen) atoms. The van der Waals surface area contributed by atoms with Crippen molar-refractivity contribution in [1.29, 1.82) is 0 Å². The first kappa shape index (κ1) is 9.74. The van der Waals surface area contributed by atoms with E-state index in [9.17, 15) is 0 Å². The second kappa shape index (κ2) is 4.62. The van der Waals surface area contributed by atoms with Crippen LogP contribution < -0.4 is 11.5 Å². The van der Waals surface area contributed by atoms with Crippen molar-refractivity contribution in [2.24, 2.45) is 5.73 Å². The van der Waals surface area contributed by atoms with Crippen LogP contribution in [0, 0.1) is 6.92 Å². The summed E-state index contributed by atoms with van der Waals surface area (Å²) in [5, 5.41) is 0. The van der Waals surface area contributed by atoms with Crippen molar-refractivity contribution in [2.75, 3.05) is 12.3 Å². The number of hydrogen-bond donors (Lipinski definition) is 2. The van der Waals surface area contributed by atoms with E-state index in [1.54, 1.807) is 0 Å². The fraction of sp³-hybridized carbons (Fsp3) is 0.300. The molecule has 3 heteroatoms. The number of nitrogen functional groups attached to an aromatic ring is 1. The molecule has 0 fully saturated rings. The summed E-state index contributed by atoms with van der Waals surface area (Å²) in [5.41, 5.74) is 13.0. The highest BCUT2D eigenvalue weighted by molar-refractivity contribution is 5.49. The lowest BCUT2D eigenvalue weighted by Gasteiger charge is -1.98. The van der Waals surface area contributed by atoms with Crippen LogP contribution in [0.4, 0.5) is 5.82 Å². The predicted molar refractivity (Wildman–Crippen MR) is 56.1 cm³/mol. The molecule has 1 aromatic heterocycles. The maximum Gasteiger partial charge on any atom is 0.124 e. The van der Waals surface area contributed by atoms with Gasteiger partial charge in [0.1, 0.15) is 5.82 Å². The van der Waals surface area contributed by atoms with Gasteiger partial charge in [0, 0.05) is 0 Å². The first-order valence-corrected chi connectivity index (χ1v) is 4.33. The van der Waals surface area contributed by atoms with E-state index in [0.717, 1.165) is 17.7 Å². The summed E-state index contributed by atoms with van der Waals surface area (Å²) in [6, 6.07) is 3.84. The van der Waals surface area contributed by atoms with Crippen LogP contribution in [0.3, 0.4) is 0 Å². The first-order chi connectivity index (χ1) is 6.22. The Kier molecular flexibility index (Phi) is 3.46. The second-order valence-electron chi connectivity index (χ2n) is 2.97. The molecule has 0 aromatic carbocycles. The lowest BCUT2D eigenvalue weighted by molar-refractivity contribution is 1.01. The summed E-state index contributed by atoms with van der Waals surface area (Å²) in [4.78, 5) is 4.16. The molecule has 0 unspecified atom stereocenters. The van der Waals surface area contributed by atoms with E-state index in [4.69, 9.17) is 11.5 Å². The van der Waals surface area contributed by atoms with Gasteiger partial charge in [-0.1, -0.05) is 6.08 Å². The van der Waals surface area contributed by atoms with Crippen LogP contribution in [0.5, 0.6) is 0 Å². The number of aromatic nitrogens is 1. The molecule has 3 nitrogen and oxygen atoms in total. The van der Waals surface area contributed by atoms with Crippen LogP contribution in [0.15, 0.2) is 18.2 Å². The van der Waals surface area contributed by atoms with Gasteiger partial charge in [-0.2, -0.15) is 0 Å². The van der Waals surface area contributed by atoms with Gasteiger partial charge >= 0.3 is 0 Å². The molecule has 70 valence electrons. The molecule has 0 aliphatic rings. The second-order valence-corrected chi connectivity index (χ2v) is 2.97. The summed E-state index contributed by atoms with van der Waals surface area (Å²) < 4.78 is 0. The van der Waals surface area contributed by atoms with Crippen molar-refractivity contribution in [3.63, 3.8) is 0 Å². The van der Waals surface area contributed by atoms with Crippen molar-refractivity contribution >= 4 is 11.9 Å². The number of aryl methyl sites for hydroxylation is 1. The van der Waals surface area contributed by atoms with Gasteiger partial charge in [0.15, 0.2) is 0 Å². The highest BCUT2D eigenvalue weighted by Crippen LogP contribution is 2.07. The predicted octanol–water partition coefficient (Wildman–Crippen LogP) is 1.33. The third-order valence-electron chi connectivity index (χ3n) is 1.63. The summed E-state index contributed by atoms with van der Waals surface area (Å²) in [6.07, 6.45) is 4.81. The molecule has 1 heterocycles. The van der Waals surface area contributed by atoms with Gasteiger partial charge in [-0.15, -0.1) is 0 Å². The minimum atomic E-state index is 0.562. The zero-order valence-corrected chi connectivity index (χ0v) is 7.83. The number of nitrogens with two attached hydrogens (primary N) is 2. The molecule has 1 rings (SSSR count). The van der Waals surface area contributed by atoms with E-state index in [0.29, 0.717) is 12.4 Å². The average molecular weight is 177 g/mol. The number of hydrogen-bond acceptors (Lipinski definition) is 3. The molecule has 0 aliphatic carbocycles. The highest BCUT2D eigenvalue weighted by Gasteiger charge is 1.92. The normalized spacial score (nSPS) is 10.9. The Morgan fingerprint density at radius 1 is 1.46 bits per heavy atom. The van der Waals surface area contributed by atoms with Crippen LogP contribution in [0.2, 0.25) is 0 Å². The van der Waals surface area contributed by atoms with Crippen LogP contribution in [0.25, 0.3) is 6.08 Å². The molecule has 0 saturated heterocycles. The Morgan fingerprint density at radius 3 is 2.85 bits per heavy atom. The Morgan fingerprint density at radius 2 is 2.23 bits per heavy atom. The van der Waals surface area contributed by atoms with E-state index in [1.165, 1.54) is 0 Å². The molecular weight excluding hydrogens is 162 g/mol. The fourth-order valence-electron chi connectivity index (χ4n) is 1.11. The van der Waals surface area contributed by atoms with Crippen molar-refractivity contribution in [3.8, 4) is 0 Å². The zero-order chi connectivity index (χ0) is 9.68. The van der Waals surface area contributed by atoms with Crippen LogP contribution in [-0.2, 0) is 0 Å². The van der Waals surface area contributed by atoms with Gasteiger partial charge in [-0.25, -0.2) is 4.98 Å². The molecule has 0 amide bonds. The Hall–Kier alpha value is -1.35. The number of anilines is 1. The summed E-state index contributed by atoms with van der Waals surface area (Å²) in [5.74, 6) is 0.562. The van der Waals surface area contributed by atoms with Gasteiger partial charge in [-0.05, 0) is 43.7 Å². The SMILES string of the molecule is Cc1cc(N)nc(C=CCCN)c1. The lowest BCUT2D eigenvalue weighted by atomic mass is 10.2. The van der Waals surface area contributed by atoms with Crippen LogP contribution >= 0.6 is 0 Å². The summed E-state index contributed by atoms with van der Waals surface area (Å²) >= 11 is 0. The number of nitrogens with zero attached hydrogens (tertiary/aromatic N) is 1. The monoisotopic (exact) mass is 177 g/mol. The van der Waals surface area contributed by atoms with E-state index >= 15 is 0 Å². The summed E-state index contributed by atoms with van der Waals surface area (Å²) in [7, 11) is 0. The van der Waals surface area contributed by atoms with E-state index in [-0.39, 0.29) is 0 Å². The van der Waals surface area contributed by atoms with Crippen molar-refractivity contribution in [1.82, 2.24) is 4.98 Å². The molecule has 0 atom stereocenters. The van der Waals surface area contributed by atoms with Gasteiger partial charge in [-0.3, -0.25) is 0 Å². The van der Waals surface area contributed by atoms with E-state index in [1.807, 2.05) is 31.2 Å². The molecular formula is C10H15N3. The fourth-order valence-corrected chi connectivity index (χ4v) is 1.11. The average Bonchev–Trinajstić information content (AvgIpc) is 2.03. The molecule has 0 saturated carbocycles. The van der Waals surface area contributed by atoms with Gasteiger partial charge in [0.2, 0.25) is 0 Å². The molecule has 1 aromatic rings. The highest BCUT2D eigenvalue weighted by atomic mass is 14.8. The Bertz CT molecular complexity index is 285. The largest absolute Gasteiger partial charge is 0.384 e. The Balaban J connectivity index is 2.77. The third-order valence-corrected chi connectivity index (χ3v) is 1.63. The number of pyridine rings is 1. The maximum absolute atomic E-state index is 5.59. The van der Waals surface area contributed by atoms with Gasteiger partial charge in [0.05, 0.1) is 5.69 Å². The van der Waals surface area contributed by atoms with Crippen molar-refractivity contribution in [3.05, 3.63) is 29.5 Å². The van der Waals surface area contributed by atoms with Crippen LogP contribution in [-0.4, -0.2) is 11.5 Å². The summed E-state index contributed by atoms with van der Waals surface area (Å²) in [6.45, 7) is 2.66. The standard InChI is InChI=1S/C10H15N3/c1-8-6-9(4-2-3-5-11)13-10(12)7-8/h2,4,6-7H,3,5,11H2,1H3,(H2,12,13). The topological polar surface area (TPSA) is 64.9 Å². The van der Waals surface area contributed by atoms with Crippen molar-refractivity contribution < 1.29 is 0 Å². The quantitative estimate of drug-likeness (QED) is 0.732. The van der Waals surface area contributed by atoms with Gasteiger partial charge < -0.3 is 11.5 Å². The Labute approximate surface area is 78.5 Å². The lowest BCUT2D eigenvalue weighted by Crippen LogP contribution is -1.96. The molecule has 0 aliphatic heterocycles. The van der Waals surface area contributed by atoms with E-state index in [2.05, 4.69) is 4.98 Å². The minimum absolute atomic E-state index is 0.562. The van der Waals surface area contributed by atoms with Crippen LogP contribution in [0.1, 0.15) is 17.7 Å². The first-order valence-electron chi connectivity index (χ1n) is 4.33. The third kappa shape index (κ3) is 3.25. The van der Waals surface area contributed by atoms with Crippen molar-refractivity contribution in [2.45, 2.75) is 13.3 Å². The zero-order valence-electron chi connectivity index (χ0n) is 7.83. The molecule has 0 bridgehead atoms. The molecule has 0 radical (unpaired) electrons. The van der Waals surface area contributed by atoms with E-state index < -0.39 is 0 Å². The molecule has 4 N–H and O–H groups in total. The molecule has 0 spiro atoms. The number of rotatable bonds is 3. The van der Waals surface area contributed by atoms with Gasteiger partial charge in [0.25, 0.3) is 0 Å². The smallest absolute Gasteiger partial charge is 0.124 e. The minimum Gasteiger partial charge on any atom is -0.384 e.